The topological polar surface area (TPSA) is 48.1 Å². The van der Waals surface area contributed by atoms with E-state index < -0.39 is 0 Å². The van der Waals surface area contributed by atoms with Crippen LogP contribution in [0, 0.1) is 0 Å². The number of aromatic nitrogens is 1. The lowest BCUT2D eigenvalue weighted by atomic mass is 9.98. The number of benzene rings is 1. The van der Waals surface area contributed by atoms with Gasteiger partial charge in [-0.2, -0.15) is 0 Å². The van der Waals surface area contributed by atoms with Gasteiger partial charge < -0.3 is 10.5 Å². The van der Waals surface area contributed by atoms with Crippen molar-refractivity contribution in [3.05, 3.63) is 29.3 Å². The van der Waals surface area contributed by atoms with E-state index in [0.29, 0.717) is 5.92 Å². The van der Waals surface area contributed by atoms with E-state index in [1.165, 1.54) is 16.9 Å². The van der Waals surface area contributed by atoms with Crippen LogP contribution < -0.4 is 10.5 Å². The average Bonchev–Trinajstić information content (AvgIpc) is 2.74. The largest absolute Gasteiger partial charge is 0.496 e. The molecule has 0 atom stereocenters. The number of nitrogen functional groups attached to an aromatic ring is 1. The second-order valence-corrected chi connectivity index (χ2v) is 5.06. The minimum atomic E-state index is 0.407. The third-order valence-corrected chi connectivity index (χ3v) is 3.38. The monoisotopic (exact) mass is 248 g/mol. The van der Waals surface area contributed by atoms with Crippen molar-refractivity contribution in [1.29, 1.82) is 0 Å². The first-order valence-corrected chi connectivity index (χ1v) is 6.38. The summed E-state index contributed by atoms with van der Waals surface area (Å²) in [5.41, 5.74) is 10.8. The predicted octanol–water partition coefficient (Wildman–Crippen LogP) is 3.52. The van der Waals surface area contributed by atoms with Gasteiger partial charge in [-0.3, -0.25) is 0 Å². The Bertz CT molecular complexity index is 520. The van der Waals surface area contributed by atoms with Gasteiger partial charge in [-0.15, -0.1) is 11.3 Å². The molecule has 2 N–H and O–H groups in total. The summed E-state index contributed by atoms with van der Waals surface area (Å²) >= 11 is 1.46. The molecular formula is C13H16N2OS. The number of anilines is 1. The molecule has 2 rings (SSSR count). The SMILES string of the molecule is COc1ccc(-c2ncsc2N)cc1C(C)C. The molecule has 0 saturated carbocycles. The maximum absolute atomic E-state index is 5.89. The molecule has 0 aliphatic heterocycles. The van der Waals surface area contributed by atoms with Crippen LogP contribution in [-0.4, -0.2) is 12.1 Å². The van der Waals surface area contributed by atoms with Gasteiger partial charge in [-0.25, -0.2) is 4.98 Å². The van der Waals surface area contributed by atoms with Crippen molar-refractivity contribution in [2.45, 2.75) is 19.8 Å². The minimum absolute atomic E-state index is 0.407. The van der Waals surface area contributed by atoms with E-state index in [0.717, 1.165) is 22.0 Å². The minimum Gasteiger partial charge on any atom is -0.496 e. The number of nitrogens with zero attached hydrogens (tertiary/aromatic N) is 1. The Morgan fingerprint density at radius 1 is 1.35 bits per heavy atom. The molecule has 1 aromatic carbocycles. The first-order chi connectivity index (χ1) is 8.13. The van der Waals surface area contributed by atoms with Gasteiger partial charge in [0.1, 0.15) is 16.4 Å². The number of hydrogen-bond donors (Lipinski definition) is 1. The van der Waals surface area contributed by atoms with E-state index in [4.69, 9.17) is 10.5 Å². The highest BCUT2D eigenvalue weighted by Gasteiger charge is 2.12. The summed E-state index contributed by atoms with van der Waals surface area (Å²) in [6, 6.07) is 6.08. The molecule has 0 saturated heterocycles. The van der Waals surface area contributed by atoms with E-state index in [9.17, 15) is 0 Å². The van der Waals surface area contributed by atoms with Crippen molar-refractivity contribution in [3.63, 3.8) is 0 Å². The highest BCUT2D eigenvalue weighted by Crippen LogP contribution is 2.34. The summed E-state index contributed by atoms with van der Waals surface area (Å²) in [5.74, 6) is 1.32. The molecule has 0 fully saturated rings. The van der Waals surface area contributed by atoms with Crippen LogP contribution in [-0.2, 0) is 0 Å². The summed E-state index contributed by atoms with van der Waals surface area (Å²) in [7, 11) is 1.69. The first-order valence-electron chi connectivity index (χ1n) is 5.50. The molecule has 3 nitrogen and oxygen atoms in total. The van der Waals surface area contributed by atoms with Crippen LogP contribution in [0.5, 0.6) is 5.75 Å². The lowest BCUT2D eigenvalue weighted by Crippen LogP contribution is -1.95. The fourth-order valence-corrected chi connectivity index (χ4v) is 2.36. The molecule has 1 aromatic heterocycles. The first kappa shape index (κ1) is 11.9. The molecule has 0 aliphatic carbocycles. The third-order valence-electron chi connectivity index (χ3n) is 2.72. The number of methoxy groups -OCH3 is 1. The fourth-order valence-electron chi connectivity index (χ4n) is 1.80. The molecule has 2 aromatic rings. The van der Waals surface area contributed by atoms with Gasteiger partial charge in [0.15, 0.2) is 0 Å². The molecule has 17 heavy (non-hydrogen) atoms. The van der Waals surface area contributed by atoms with Gasteiger partial charge in [-0.1, -0.05) is 13.8 Å². The van der Waals surface area contributed by atoms with Gasteiger partial charge >= 0.3 is 0 Å². The number of nitrogens with two attached hydrogens (primary N) is 1. The molecule has 4 heteroatoms. The van der Waals surface area contributed by atoms with E-state index in [-0.39, 0.29) is 0 Å². The average molecular weight is 248 g/mol. The summed E-state index contributed by atoms with van der Waals surface area (Å²) in [6.45, 7) is 4.29. The zero-order valence-corrected chi connectivity index (χ0v) is 11.0. The summed E-state index contributed by atoms with van der Waals surface area (Å²) in [4.78, 5) is 4.29. The van der Waals surface area contributed by atoms with E-state index in [1.54, 1.807) is 12.6 Å². The quantitative estimate of drug-likeness (QED) is 0.904. The summed E-state index contributed by atoms with van der Waals surface area (Å²) < 4.78 is 5.36. The van der Waals surface area contributed by atoms with Crippen molar-refractivity contribution >= 4 is 16.3 Å². The molecule has 0 spiro atoms. The molecule has 1 heterocycles. The van der Waals surface area contributed by atoms with E-state index in [1.807, 2.05) is 12.1 Å². The van der Waals surface area contributed by atoms with E-state index in [2.05, 4.69) is 24.9 Å². The predicted molar refractivity (Wildman–Crippen MR) is 72.6 cm³/mol. The Morgan fingerprint density at radius 3 is 2.65 bits per heavy atom. The van der Waals surface area contributed by atoms with Crippen LogP contribution in [0.15, 0.2) is 23.7 Å². The van der Waals surface area contributed by atoms with Crippen molar-refractivity contribution in [2.75, 3.05) is 12.8 Å². The van der Waals surface area contributed by atoms with Gasteiger partial charge in [0.05, 0.1) is 12.6 Å². The molecule has 90 valence electrons. The Hall–Kier alpha value is -1.55. The third kappa shape index (κ3) is 2.26. The number of ether oxygens (including phenoxy) is 1. The number of hydrogen-bond acceptors (Lipinski definition) is 4. The Labute approximate surface area is 105 Å². The van der Waals surface area contributed by atoms with Crippen molar-refractivity contribution in [1.82, 2.24) is 4.98 Å². The van der Waals surface area contributed by atoms with Crippen LogP contribution in [0.1, 0.15) is 25.3 Å². The lowest BCUT2D eigenvalue weighted by molar-refractivity contribution is 0.407. The zero-order chi connectivity index (χ0) is 12.4. The second-order valence-electron chi connectivity index (χ2n) is 4.18. The van der Waals surface area contributed by atoms with Gasteiger partial charge in [0.2, 0.25) is 0 Å². The van der Waals surface area contributed by atoms with Crippen LogP contribution >= 0.6 is 11.3 Å². The molecule has 0 unspecified atom stereocenters. The fraction of sp³-hybridized carbons (Fsp3) is 0.308. The number of thiazole rings is 1. The zero-order valence-electron chi connectivity index (χ0n) is 10.2. The lowest BCUT2D eigenvalue weighted by Gasteiger charge is -2.13. The van der Waals surface area contributed by atoms with Crippen LogP contribution in [0.3, 0.4) is 0 Å². The van der Waals surface area contributed by atoms with Crippen LogP contribution in [0.4, 0.5) is 5.00 Å². The molecule has 0 radical (unpaired) electrons. The van der Waals surface area contributed by atoms with Gasteiger partial charge in [-0.05, 0) is 29.7 Å². The van der Waals surface area contributed by atoms with Gasteiger partial charge in [0, 0.05) is 5.56 Å². The Morgan fingerprint density at radius 2 is 2.12 bits per heavy atom. The van der Waals surface area contributed by atoms with Crippen molar-refractivity contribution in [3.8, 4) is 17.0 Å². The Kier molecular flexibility index (Phi) is 3.33. The highest BCUT2D eigenvalue weighted by molar-refractivity contribution is 7.14. The van der Waals surface area contributed by atoms with Crippen molar-refractivity contribution < 1.29 is 4.74 Å². The molecule has 0 bridgehead atoms. The molecule has 0 aliphatic rings. The maximum atomic E-state index is 5.89. The standard InChI is InChI=1S/C13H16N2OS/c1-8(2)10-6-9(4-5-11(10)16-3)12-13(14)17-7-15-12/h4-8H,14H2,1-3H3. The van der Waals surface area contributed by atoms with Crippen molar-refractivity contribution in [2.24, 2.45) is 0 Å². The van der Waals surface area contributed by atoms with Crippen LogP contribution in [0.25, 0.3) is 11.3 Å². The normalized spacial score (nSPS) is 10.8. The maximum Gasteiger partial charge on any atom is 0.122 e. The summed E-state index contributed by atoms with van der Waals surface area (Å²) in [6.07, 6.45) is 0. The summed E-state index contributed by atoms with van der Waals surface area (Å²) in [5, 5.41) is 0.755. The Balaban J connectivity index is 2.51. The van der Waals surface area contributed by atoms with E-state index >= 15 is 0 Å². The smallest absolute Gasteiger partial charge is 0.122 e. The number of rotatable bonds is 3. The van der Waals surface area contributed by atoms with Gasteiger partial charge in [0.25, 0.3) is 0 Å². The molecule has 0 amide bonds. The second kappa shape index (κ2) is 4.75. The highest BCUT2D eigenvalue weighted by atomic mass is 32.1. The molecular weight excluding hydrogens is 232 g/mol. The van der Waals surface area contributed by atoms with Crippen LogP contribution in [0.2, 0.25) is 0 Å².